The fourth-order valence-electron chi connectivity index (χ4n) is 3.47. The molecule has 0 fully saturated rings. The zero-order valence-electron chi connectivity index (χ0n) is 18.4. The Labute approximate surface area is 190 Å². The Balaban J connectivity index is 1.62. The number of amides is 1. The molecule has 2 heterocycles. The Morgan fingerprint density at radius 1 is 1.06 bits per heavy atom. The van der Waals surface area contributed by atoms with Crippen molar-refractivity contribution in [2.45, 2.75) is 20.0 Å². The van der Waals surface area contributed by atoms with Crippen molar-refractivity contribution in [3.05, 3.63) is 82.8 Å². The number of hydrogen-bond donors (Lipinski definition) is 3. The van der Waals surface area contributed by atoms with Crippen molar-refractivity contribution < 1.29 is 19.4 Å². The zero-order chi connectivity index (χ0) is 23.4. The molecule has 0 bridgehead atoms. The summed E-state index contributed by atoms with van der Waals surface area (Å²) in [6.07, 6.45) is 0.0495. The zero-order valence-corrected chi connectivity index (χ0v) is 18.4. The molecule has 0 aliphatic rings. The number of carbonyl (C=O) groups excluding carboxylic acids is 1. The van der Waals surface area contributed by atoms with Crippen molar-refractivity contribution in [1.29, 1.82) is 0 Å². The number of fused-ring (bicyclic) bond motifs is 1. The van der Waals surface area contributed by atoms with Crippen molar-refractivity contribution in [3.8, 4) is 17.2 Å². The van der Waals surface area contributed by atoms with Gasteiger partial charge in [0.05, 0.1) is 18.4 Å². The summed E-state index contributed by atoms with van der Waals surface area (Å²) in [5.74, 6) is 0.896. The van der Waals surface area contributed by atoms with Crippen LogP contribution in [0, 0.1) is 0 Å². The topological polar surface area (TPSA) is 106 Å². The summed E-state index contributed by atoms with van der Waals surface area (Å²) in [5, 5.41) is 12.4. The van der Waals surface area contributed by atoms with E-state index < -0.39 is 0 Å². The first kappa shape index (κ1) is 22.2. The van der Waals surface area contributed by atoms with Crippen molar-refractivity contribution in [2.24, 2.45) is 0 Å². The standard InChI is InChI=1S/C25H25N3O5/c1-16(2)33-20-9-7-19(8-10-20)28-23(30)11-6-17-14-22(27-24(17)28)25(31)26-18-4-3-5-21(15-18)32-13-12-29/h3-11,14-16,27,29H,12-13H2,1-2H3,(H,26,31). The SMILES string of the molecule is CC(C)Oc1ccc(-n2c(=O)ccc3cc(C(=O)Nc4cccc(OCCO)c4)[nH]c32)cc1. The van der Waals surface area contributed by atoms with E-state index in [2.05, 4.69) is 10.3 Å². The van der Waals surface area contributed by atoms with E-state index in [0.717, 1.165) is 5.39 Å². The summed E-state index contributed by atoms with van der Waals surface area (Å²) in [5.41, 5.74) is 1.81. The maximum absolute atomic E-state index is 12.9. The third-order valence-corrected chi connectivity index (χ3v) is 4.84. The highest BCUT2D eigenvalue weighted by atomic mass is 16.5. The lowest BCUT2D eigenvalue weighted by atomic mass is 10.2. The molecule has 0 spiro atoms. The molecular formula is C25H25N3O5. The van der Waals surface area contributed by atoms with Crippen molar-refractivity contribution in [3.63, 3.8) is 0 Å². The fraction of sp³-hybridized carbons (Fsp3) is 0.200. The van der Waals surface area contributed by atoms with Gasteiger partial charge in [0.25, 0.3) is 11.5 Å². The van der Waals surface area contributed by atoms with Gasteiger partial charge in [0, 0.05) is 23.2 Å². The number of aromatic nitrogens is 2. The van der Waals surface area contributed by atoms with E-state index in [1.54, 1.807) is 48.5 Å². The minimum Gasteiger partial charge on any atom is -0.491 e. The Bertz CT molecular complexity index is 1320. The number of hydrogen-bond acceptors (Lipinski definition) is 5. The summed E-state index contributed by atoms with van der Waals surface area (Å²) >= 11 is 0. The molecule has 4 aromatic rings. The van der Waals surface area contributed by atoms with Crippen LogP contribution in [-0.2, 0) is 0 Å². The number of benzene rings is 2. The van der Waals surface area contributed by atoms with Gasteiger partial charge in [0.15, 0.2) is 0 Å². The summed E-state index contributed by atoms with van der Waals surface area (Å²) in [4.78, 5) is 28.6. The van der Waals surface area contributed by atoms with E-state index in [-0.39, 0.29) is 30.8 Å². The van der Waals surface area contributed by atoms with Gasteiger partial charge < -0.3 is 24.9 Å². The first-order chi connectivity index (χ1) is 15.9. The molecule has 33 heavy (non-hydrogen) atoms. The van der Waals surface area contributed by atoms with Crippen LogP contribution in [0.25, 0.3) is 16.7 Å². The molecular weight excluding hydrogens is 422 g/mol. The largest absolute Gasteiger partial charge is 0.491 e. The van der Waals surface area contributed by atoms with E-state index in [0.29, 0.717) is 34.2 Å². The first-order valence-corrected chi connectivity index (χ1v) is 10.6. The van der Waals surface area contributed by atoms with E-state index in [1.165, 1.54) is 10.6 Å². The summed E-state index contributed by atoms with van der Waals surface area (Å²) < 4.78 is 12.6. The van der Waals surface area contributed by atoms with Gasteiger partial charge in [-0.25, -0.2) is 0 Å². The maximum Gasteiger partial charge on any atom is 0.272 e. The highest BCUT2D eigenvalue weighted by molar-refractivity contribution is 6.05. The molecule has 0 atom stereocenters. The average molecular weight is 447 g/mol. The number of carbonyl (C=O) groups is 1. The monoisotopic (exact) mass is 447 g/mol. The number of H-pyrrole nitrogens is 1. The van der Waals surface area contributed by atoms with Crippen LogP contribution in [0.3, 0.4) is 0 Å². The third-order valence-electron chi connectivity index (χ3n) is 4.84. The van der Waals surface area contributed by atoms with Crippen LogP contribution in [0.5, 0.6) is 11.5 Å². The number of aromatic amines is 1. The highest BCUT2D eigenvalue weighted by Gasteiger charge is 2.14. The molecule has 0 saturated heterocycles. The van der Waals surface area contributed by atoms with E-state index in [9.17, 15) is 9.59 Å². The second-order valence-electron chi connectivity index (χ2n) is 7.71. The van der Waals surface area contributed by atoms with Crippen LogP contribution in [0.4, 0.5) is 5.69 Å². The molecule has 8 nitrogen and oxygen atoms in total. The molecule has 8 heteroatoms. The summed E-state index contributed by atoms with van der Waals surface area (Å²) in [7, 11) is 0. The number of aliphatic hydroxyl groups is 1. The number of aliphatic hydroxyl groups excluding tert-OH is 1. The predicted octanol–water partition coefficient (Wildman–Crippen LogP) is 3.73. The van der Waals surface area contributed by atoms with Gasteiger partial charge in [-0.3, -0.25) is 14.2 Å². The van der Waals surface area contributed by atoms with Crippen LogP contribution in [0.1, 0.15) is 24.3 Å². The number of nitrogens with zero attached hydrogens (tertiary/aromatic N) is 1. The molecule has 3 N–H and O–H groups in total. The van der Waals surface area contributed by atoms with Gasteiger partial charge >= 0.3 is 0 Å². The van der Waals surface area contributed by atoms with Crippen molar-refractivity contribution in [1.82, 2.24) is 9.55 Å². The highest BCUT2D eigenvalue weighted by Crippen LogP contribution is 2.22. The van der Waals surface area contributed by atoms with Gasteiger partial charge in [0.1, 0.15) is 29.4 Å². The Morgan fingerprint density at radius 3 is 2.58 bits per heavy atom. The molecule has 0 radical (unpaired) electrons. The maximum atomic E-state index is 12.9. The number of ether oxygens (including phenoxy) is 2. The van der Waals surface area contributed by atoms with Gasteiger partial charge in [-0.2, -0.15) is 0 Å². The second-order valence-corrected chi connectivity index (χ2v) is 7.71. The van der Waals surface area contributed by atoms with Crippen LogP contribution in [-0.4, -0.2) is 39.9 Å². The first-order valence-electron chi connectivity index (χ1n) is 10.6. The number of anilines is 1. The van der Waals surface area contributed by atoms with Crippen LogP contribution < -0.4 is 20.3 Å². The van der Waals surface area contributed by atoms with Crippen LogP contribution in [0.2, 0.25) is 0 Å². The van der Waals surface area contributed by atoms with Crippen LogP contribution >= 0.6 is 0 Å². The van der Waals surface area contributed by atoms with E-state index in [4.69, 9.17) is 14.6 Å². The van der Waals surface area contributed by atoms with Gasteiger partial charge in [0.2, 0.25) is 0 Å². The predicted molar refractivity (Wildman–Crippen MR) is 127 cm³/mol. The quantitative estimate of drug-likeness (QED) is 0.382. The average Bonchev–Trinajstić information content (AvgIpc) is 3.23. The van der Waals surface area contributed by atoms with Gasteiger partial charge in [-0.05, 0) is 62.4 Å². The number of rotatable bonds is 8. The smallest absolute Gasteiger partial charge is 0.272 e. The van der Waals surface area contributed by atoms with Crippen molar-refractivity contribution in [2.75, 3.05) is 18.5 Å². The summed E-state index contributed by atoms with van der Waals surface area (Å²) in [6.45, 7) is 3.97. The minimum absolute atomic E-state index is 0.0495. The fourth-order valence-corrected chi connectivity index (χ4v) is 3.47. The Morgan fingerprint density at radius 2 is 1.85 bits per heavy atom. The third kappa shape index (κ3) is 5.07. The molecule has 4 rings (SSSR count). The van der Waals surface area contributed by atoms with Gasteiger partial charge in [-0.1, -0.05) is 6.07 Å². The molecule has 0 aliphatic heterocycles. The lowest BCUT2D eigenvalue weighted by Gasteiger charge is -2.11. The second kappa shape index (κ2) is 9.62. The van der Waals surface area contributed by atoms with Gasteiger partial charge in [-0.15, -0.1) is 0 Å². The molecule has 2 aromatic heterocycles. The Kier molecular flexibility index (Phi) is 6.46. The number of nitrogens with one attached hydrogen (secondary N) is 2. The van der Waals surface area contributed by atoms with E-state index in [1.807, 2.05) is 26.0 Å². The molecule has 0 aliphatic carbocycles. The van der Waals surface area contributed by atoms with Crippen LogP contribution in [0.15, 0.2) is 71.5 Å². The molecule has 170 valence electrons. The minimum atomic E-state index is -0.356. The lowest BCUT2D eigenvalue weighted by molar-refractivity contribution is 0.102. The molecule has 0 saturated carbocycles. The van der Waals surface area contributed by atoms with Crippen molar-refractivity contribution >= 4 is 22.6 Å². The lowest BCUT2D eigenvalue weighted by Crippen LogP contribution is -2.17. The summed E-state index contributed by atoms with van der Waals surface area (Å²) in [6, 6.07) is 19.0. The molecule has 0 unspecified atom stereocenters. The Hall–Kier alpha value is -4.04. The molecule has 2 aromatic carbocycles. The molecule has 1 amide bonds. The number of pyridine rings is 1. The van der Waals surface area contributed by atoms with E-state index >= 15 is 0 Å². The normalized spacial score (nSPS) is 11.0.